The zero-order chi connectivity index (χ0) is 25.2. The SMILES string of the molecule is C#CCOC[C@@H](O)CN(CCOC)Cc1c(C)nn(-c2ccc(F)cc2)c1Oc1ccccc1F. The molecule has 0 aliphatic carbocycles. The summed E-state index contributed by atoms with van der Waals surface area (Å²) in [5, 5.41) is 15.0. The van der Waals surface area contributed by atoms with Crippen LogP contribution in [0.3, 0.4) is 0 Å². The summed E-state index contributed by atoms with van der Waals surface area (Å²) in [4.78, 5) is 1.96. The molecule has 1 aromatic heterocycles. The van der Waals surface area contributed by atoms with Crippen LogP contribution in [0.25, 0.3) is 5.69 Å². The highest BCUT2D eigenvalue weighted by molar-refractivity contribution is 5.43. The second-order valence-electron chi connectivity index (χ2n) is 7.89. The molecule has 0 aliphatic rings. The molecule has 2 aromatic carbocycles. The fraction of sp³-hybridized carbons (Fsp3) is 0.346. The number of hydrogen-bond acceptors (Lipinski definition) is 6. The maximum atomic E-state index is 14.5. The molecule has 186 valence electrons. The van der Waals surface area contributed by atoms with Gasteiger partial charge in [-0.3, -0.25) is 4.90 Å². The van der Waals surface area contributed by atoms with Crippen molar-refractivity contribution in [2.24, 2.45) is 0 Å². The van der Waals surface area contributed by atoms with Gasteiger partial charge in [0.25, 0.3) is 0 Å². The van der Waals surface area contributed by atoms with Crippen LogP contribution in [-0.4, -0.2) is 65.9 Å². The molecule has 0 fully saturated rings. The summed E-state index contributed by atoms with van der Waals surface area (Å²) >= 11 is 0. The highest BCUT2D eigenvalue weighted by Crippen LogP contribution is 2.32. The number of benzene rings is 2. The summed E-state index contributed by atoms with van der Waals surface area (Å²) in [6.45, 7) is 3.53. The number of aromatic nitrogens is 2. The Balaban J connectivity index is 1.95. The highest BCUT2D eigenvalue weighted by atomic mass is 19.1. The minimum absolute atomic E-state index is 0.0307. The van der Waals surface area contributed by atoms with Crippen molar-refractivity contribution in [1.82, 2.24) is 14.7 Å². The van der Waals surface area contributed by atoms with Crippen molar-refractivity contribution in [3.63, 3.8) is 0 Å². The second-order valence-corrected chi connectivity index (χ2v) is 7.89. The van der Waals surface area contributed by atoms with E-state index in [9.17, 15) is 13.9 Å². The van der Waals surface area contributed by atoms with E-state index in [4.69, 9.17) is 20.6 Å². The van der Waals surface area contributed by atoms with E-state index in [1.807, 2.05) is 11.8 Å². The molecule has 0 amide bonds. The van der Waals surface area contributed by atoms with E-state index in [2.05, 4.69) is 11.0 Å². The molecule has 0 saturated carbocycles. The second kappa shape index (κ2) is 13.0. The van der Waals surface area contributed by atoms with Crippen molar-refractivity contribution in [3.8, 4) is 29.7 Å². The summed E-state index contributed by atoms with van der Waals surface area (Å²) in [5.74, 6) is 1.77. The summed E-state index contributed by atoms with van der Waals surface area (Å²) < 4.78 is 46.0. The number of terminal acetylenes is 1. The Hall–Kier alpha value is -3.29. The lowest BCUT2D eigenvalue weighted by Crippen LogP contribution is -2.36. The van der Waals surface area contributed by atoms with Crippen molar-refractivity contribution in [2.45, 2.75) is 19.6 Å². The number of aliphatic hydroxyl groups excluding tert-OH is 1. The third kappa shape index (κ3) is 7.34. The van der Waals surface area contributed by atoms with E-state index < -0.39 is 11.9 Å². The van der Waals surface area contributed by atoms with Crippen molar-refractivity contribution in [2.75, 3.05) is 40.0 Å². The molecule has 0 spiro atoms. The van der Waals surface area contributed by atoms with Gasteiger partial charge in [-0.15, -0.1) is 6.42 Å². The van der Waals surface area contributed by atoms with E-state index in [0.717, 1.165) is 0 Å². The molecule has 9 heteroatoms. The van der Waals surface area contributed by atoms with Crippen LogP contribution < -0.4 is 4.74 Å². The lowest BCUT2D eigenvalue weighted by Gasteiger charge is -2.25. The Kier molecular flexibility index (Phi) is 9.76. The summed E-state index contributed by atoms with van der Waals surface area (Å²) in [6, 6.07) is 11.8. The molecule has 7 nitrogen and oxygen atoms in total. The average Bonchev–Trinajstić information content (AvgIpc) is 3.14. The Morgan fingerprint density at radius 3 is 2.60 bits per heavy atom. The van der Waals surface area contributed by atoms with Crippen LogP contribution in [-0.2, 0) is 16.0 Å². The zero-order valence-electron chi connectivity index (χ0n) is 19.8. The number of aryl methyl sites for hydroxylation is 1. The first kappa shape index (κ1) is 26.3. The normalized spacial score (nSPS) is 12.0. The zero-order valence-corrected chi connectivity index (χ0v) is 19.8. The molecule has 0 unspecified atom stereocenters. The van der Waals surface area contributed by atoms with Gasteiger partial charge in [0.1, 0.15) is 12.4 Å². The molecule has 0 saturated heterocycles. The van der Waals surface area contributed by atoms with E-state index in [1.165, 1.54) is 28.9 Å². The van der Waals surface area contributed by atoms with Crippen LogP contribution >= 0.6 is 0 Å². The fourth-order valence-corrected chi connectivity index (χ4v) is 3.50. The monoisotopic (exact) mass is 485 g/mol. The van der Waals surface area contributed by atoms with Crippen LogP contribution in [0.2, 0.25) is 0 Å². The van der Waals surface area contributed by atoms with E-state index in [-0.39, 0.29) is 31.3 Å². The maximum absolute atomic E-state index is 14.5. The van der Waals surface area contributed by atoms with Crippen molar-refractivity contribution in [3.05, 3.63) is 71.4 Å². The van der Waals surface area contributed by atoms with Gasteiger partial charge in [-0.2, -0.15) is 5.10 Å². The first-order valence-electron chi connectivity index (χ1n) is 11.1. The van der Waals surface area contributed by atoms with Gasteiger partial charge >= 0.3 is 0 Å². The summed E-state index contributed by atoms with van der Waals surface area (Å²) in [7, 11) is 1.59. The van der Waals surface area contributed by atoms with Crippen LogP contribution in [0.5, 0.6) is 11.6 Å². The number of rotatable bonds is 13. The van der Waals surface area contributed by atoms with Gasteiger partial charge < -0.3 is 19.3 Å². The van der Waals surface area contributed by atoms with Crippen LogP contribution in [0.1, 0.15) is 11.3 Å². The molecule has 1 N–H and O–H groups in total. The molecule has 0 aliphatic heterocycles. The van der Waals surface area contributed by atoms with E-state index in [0.29, 0.717) is 42.5 Å². The lowest BCUT2D eigenvalue weighted by molar-refractivity contribution is 0.0205. The third-order valence-corrected chi connectivity index (χ3v) is 5.21. The molecule has 35 heavy (non-hydrogen) atoms. The lowest BCUT2D eigenvalue weighted by atomic mass is 10.2. The number of nitrogens with zero attached hydrogens (tertiary/aromatic N) is 3. The van der Waals surface area contributed by atoms with E-state index >= 15 is 0 Å². The van der Waals surface area contributed by atoms with Gasteiger partial charge in [-0.25, -0.2) is 13.5 Å². The molecule has 1 atom stereocenters. The molecule has 0 radical (unpaired) electrons. The Bertz CT molecular complexity index is 1130. The Morgan fingerprint density at radius 1 is 1.17 bits per heavy atom. The summed E-state index contributed by atoms with van der Waals surface area (Å²) in [5.41, 5.74) is 1.88. The number of hydrogen-bond donors (Lipinski definition) is 1. The molecule has 3 rings (SSSR count). The quantitative estimate of drug-likeness (QED) is 0.294. The van der Waals surface area contributed by atoms with Crippen LogP contribution in [0.15, 0.2) is 48.5 Å². The van der Waals surface area contributed by atoms with Crippen molar-refractivity contribution < 1.29 is 28.1 Å². The number of para-hydroxylation sites is 1. The molecule has 1 heterocycles. The molecule has 3 aromatic rings. The van der Waals surface area contributed by atoms with Gasteiger partial charge in [0, 0.05) is 26.7 Å². The number of methoxy groups -OCH3 is 1. The van der Waals surface area contributed by atoms with Gasteiger partial charge in [0.15, 0.2) is 11.6 Å². The highest BCUT2D eigenvalue weighted by Gasteiger charge is 2.23. The largest absolute Gasteiger partial charge is 0.435 e. The predicted octanol–water partition coefficient (Wildman–Crippen LogP) is 3.71. The number of aliphatic hydroxyl groups is 1. The van der Waals surface area contributed by atoms with Gasteiger partial charge in [0.2, 0.25) is 5.88 Å². The average molecular weight is 486 g/mol. The topological polar surface area (TPSA) is 69.0 Å². The van der Waals surface area contributed by atoms with Gasteiger partial charge in [0.05, 0.1) is 36.3 Å². The Labute approximate surface area is 203 Å². The number of ether oxygens (including phenoxy) is 3. The minimum Gasteiger partial charge on any atom is -0.435 e. The van der Waals surface area contributed by atoms with Crippen LogP contribution in [0, 0.1) is 30.9 Å². The third-order valence-electron chi connectivity index (χ3n) is 5.21. The smallest absolute Gasteiger partial charge is 0.227 e. The molecule has 0 bridgehead atoms. The van der Waals surface area contributed by atoms with Crippen molar-refractivity contribution in [1.29, 1.82) is 0 Å². The van der Waals surface area contributed by atoms with Gasteiger partial charge in [-0.05, 0) is 43.3 Å². The first-order valence-corrected chi connectivity index (χ1v) is 11.1. The predicted molar refractivity (Wildman–Crippen MR) is 128 cm³/mol. The standard InChI is InChI=1S/C26H29F2N3O4/c1-4-14-34-18-22(32)16-30(13-15-33-3)17-23-19(2)29-31(21-11-9-20(27)10-12-21)26(23)35-25-8-6-5-7-24(25)28/h1,5-12,22,32H,13-18H2,2-3H3/t22-/m0/s1. The maximum Gasteiger partial charge on any atom is 0.227 e. The van der Waals surface area contributed by atoms with Crippen LogP contribution in [0.4, 0.5) is 8.78 Å². The van der Waals surface area contributed by atoms with Crippen molar-refractivity contribution >= 4 is 0 Å². The number of halogens is 2. The summed E-state index contributed by atoms with van der Waals surface area (Å²) in [6.07, 6.45) is 4.41. The first-order chi connectivity index (χ1) is 16.9. The minimum atomic E-state index is -0.788. The molecular weight excluding hydrogens is 456 g/mol. The molecular formula is C26H29F2N3O4. The van der Waals surface area contributed by atoms with Gasteiger partial charge in [-0.1, -0.05) is 18.1 Å². The van der Waals surface area contributed by atoms with E-state index in [1.54, 1.807) is 31.4 Å². The Morgan fingerprint density at radius 2 is 1.91 bits per heavy atom. The fourth-order valence-electron chi connectivity index (χ4n) is 3.50.